The van der Waals surface area contributed by atoms with E-state index in [0.29, 0.717) is 37.0 Å². The van der Waals surface area contributed by atoms with Crippen LogP contribution in [0.25, 0.3) is 6.08 Å². The van der Waals surface area contributed by atoms with Crippen molar-refractivity contribution >= 4 is 42.5 Å². The lowest BCUT2D eigenvalue weighted by atomic mass is 9.86. The standard InChI is InChI=1S/C33H42N4O6S/c1-7-20-15(2)25(36-33(20)43)12-23-16(3)21(8-10-29(38)39)26(34-23)14-27-22(9-11-30(40)41)17(4)24(35-27)13-28-31(19(6)44)18(5)32(42)37-28/h7,12,18-19,28,31,34-35,44H,1,8-11,13-14H2,2-6H3,(H,36,43)(H,37,42)(H,38,39)(H,40,41)/b25-12-/t18-,19-,28?,31+/m1/s1. The SMILES string of the molecule is C=CC1=C(C)/C(=C/c2[nH]c(Cc3[nH]c(CC4NC(=O)[C@H](C)[C@H]4[C@@H](C)S)c(C)c3CCC(=O)O)c(CCC(=O)O)c2C)NC1=O. The van der Waals surface area contributed by atoms with Gasteiger partial charge in [-0.15, -0.1) is 0 Å². The highest BCUT2D eigenvalue weighted by Gasteiger charge is 2.41. The molecule has 6 N–H and O–H groups in total. The zero-order valence-electron chi connectivity index (χ0n) is 25.9. The Hall–Kier alpha value is -3.99. The Morgan fingerprint density at radius 2 is 1.57 bits per heavy atom. The topological polar surface area (TPSA) is 164 Å². The van der Waals surface area contributed by atoms with Crippen molar-refractivity contribution in [3.8, 4) is 0 Å². The van der Waals surface area contributed by atoms with Crippen LogP contribution in [0, 0.1) is 25.7 Å². The average Bonchev–Trinajstić information content (AvgIpc) is 3.59. The van der Waals surface area contributed by atoms with Crippen molar-refractivity contribution in [2.45, 2.75) is 84.4 Å². The number of carboxylic acids is 2. The number of allylic oxidation sites excluding steroid dienone is 1. The summed E-state index contributed by atoms with van der Waals surface area (Å²) in [6.45, 7) is 13.4. The van der Waals surface area contributed by atoms with Crippen LogP contribution in [-0.2, 0) is 44.9 Å². The van der Waals surface area contributed by atoms with E-state index in [-0.39, 0.29) is 47.8 Å². The smallest absolute Gasteiger partial charge is 0.303 e. The Bertz CT molecular complexity index is 1580. The molecule has 11 heteroatoms. The van der Waals surface area contributed by atoms with Gasteiger partial charge in [0.25, 0.3) is 5.91 Å². The summed E-state index contributed by atoms with van der Waals surface area (Å²) in [6, 6.07) is -0.113. The van der Waals surface area contributed by atoms with E-state index in [0.717, 1.165) is 50.6 Å². The van der Waals surface area contributed by atoms with Gasteiger partial charge in [-0.1, -0.05) is 26.5 Å². The molecule has 4 rings (SSSR count). The minimum Gasteiger partial charge on any atom is -0.481 e. The summed E-state index contributed by atoms with van der Waals surface area (Å²) in [4.78, 5) is 55.0. The number of rotatable bonds is 13. The van der Waals surface area contributed by atoms with Crippen molar-refractivity contribution < 1.29 is 29.4 Å². The summed E-state index contributed by atoms with van der Waals surface area (Å²) in [5, 5.41) is 24.9. The monoisotopic (exact) mass is 622 g/mol. The van der Waals surface area contributed by atoms with Crippen LogP contribution in [-0.4, -0.2) is 55.2 Å². The van der Waals surface area contributed by atoms with E-state index >= 15 is 0 Å². The van der Waals surface area contributed by atoms with Gasteiger partial charge in [-0.2, -0.15) is 12.6 Å². The first-order valence-electron chi connectivity index (χ1n) is 14.9. The number of amides is 2. The number of H-pyrrole nitrogens is 2. The molecule has 10 nitrogen and oxygen atoms in total. The molecule has 2 aliphatic heterocycles. The fraction of sp³-hybridized carbons (Fsp3) is 0.455. The molecule has 2 aromatic rings. The van der Waals surface area contributed by atoms with E-state index in [1.165, 1.54) is 6.08 Å². The largest absolute Gasteiger partial charge is 0.481 e. The van der Waals surface area contributed by atoms with Crippen LogP contribution in [0.3, 0.4) is 0 Å². The number of aromatic amines is 2. The van der Waals surface area contributed by atoms with E-state index < -0.39 is 11.9 Å². The highest BCUT2D eigenvalue weighted by atomic mass is 32.1. The highest BCUT2D eigenvalue weighted by Crippen LogP contribution is 2.34. The summed E-state index contributed by atoms with van der Waals surface area (Å²) in [6.07, 6.45) is 4.87. The van der Waals surface area contributed by atoms with Gasteiger partial charge in [0.2, 0.25) is 5.91 Å². The van der Waals surface area contributed by atoms with Gasteiger partial charge in [0.1, 0.15) is 0 Å². The molecule has 0 radical (unpaired) electrons. The minimum atomic E-state index is -0.908. The zero-order chi connectivity index (χ0) is 32.5. The summed E-state index contributed by atoms with van der Waals surface area (Å²) < 4.78 is 0. The Kier molecular flexibility index (Phi) is 9.98. The first kappa shape index (κ1) is 32.9. The first-order valence-corrected chi connectivity index (χ1v) is 15.4. The second kappa shape index (κ2) is 13.3. The van der Waals surface area contributed by atoms with Crippen molar-refractivity contribution in [3.05, 3.63) is 74.5 Å². The fourth-order valence-electron chi connectivity index (χ4n) is 6.68. The minimum absolute atomic E-state index is 0.00626. The molecule has 4 heterocycles. The van der Waals surface area contributed by atoms with E-state index in [1.807, 2.05) is 40.7 Å². The average molecular weight is 623 g/mol. The number of aliphatic carboxylic acids is 2. The highest BCUT2D eigenvalue weighted by molar-refractivity contribution is 7.80. The Morgan fingerprint density at radius 1 is 0.977 bits per heavy atom. The molecular formula is C33H42N4O6S. The fourth-order valence-corrected chi connectivity index (χ4v) is 7.14. The molecule has 2 aliphatic rings. The van der Waals surface area contributed by atoms with E-state index in [1.54, 1.807) is 0 Å². The quantitative estimate of drug-likeness (QED) is 0.166. The molecule has 0 saturated carbocycles. The van der Waals surface area contributed by atoms with Crippen molar-refractivity contribution in [3.63, 3.8) is 0 Å². The third-order valence-corrected chi connectivity index (χ3v) is 9.51. The van der Waals surface area contributed by atoms with Crippen molar-refractivity contribution in [2.24, 2.45) is 11.8 Å². The molecule has 0 bridgehead atoms. The number of aromatic nitrogens is 2. The number of hydrogen-bond donors (Lipinski definition) is 7. The van der Waals surface area contributed by atoms with Crippen molar-refractivity contribution in [1.29, 1.82) is 0 Å². The molecule has 1 fully saturated rings. The van der Waals surface area contributed by atoms with Crippen LogP contribution in [0.4, 0.5) is 0 Å². The van der Waals surface area contributed by atoms with Gasteiger partial charge in [-0.25, -0.2) is 0 Å². The Labute approximate surface area is 262 Å². The van der Waals surface area contributed by atoms with Gasteiger partial charge in [0.15, 0.2) is 0 Å². The van der Waals surface area contributed by atoms with Crippen molar-refractivity contribution in [2.75, 3.05) is 0 Å². The maximum Gasteiger partial charge on any atom is 0.303 e. The molecule has 1 unspecified atom stereocenters. The summed E-state index contributed by atoms with van der Waals surface area (Å²) >= 11 is 4.66. The normalized spacial score (nSPS) is 21.6. The molecule has 2 aromatic heterocycles. The van der Waals surface area contributed by atoms with Crippen molar-refractivity contribution in [1.82, 2.24) is 20.6 Å². The lowest BCUT2D eigenvalue weighted by Crippen LogP contribution is -2.34. The molecule has 0 aliphatic carbocycles. The molecule has 44 heavy (non-hydrogen) atoms. The molecule has 0 aromatic carbocycles. The van der Waals surface area contributed by atoms with Gasteiger partial charge in [-0.3, -0.25) is 19.2 Å². The van der Waals surface area contributed by atoms with Crippen LogP contribution in [0.1, 0.15) is 78.6 Å². The second-order valence-corrected chi connectivity index (χ2v) is 12.8. The molecule has 236 valence electrons. The molecule has 1 saturated heterocycles. The lowest BCUT2D eigenvalue weighted by Gasteiger charge is -2.24. The van der Waals surface area contributed by atoms with Crippen LogP contribution in [0.15, 0.2) is 29.5 Å². The molecule has 2 amide bonds. The van der Waals surface area contributed by atoms with Crippen LogP contribution in [0.2, 0.25) is 0 Å². The molecular weight excluding hydrogens is 580 g/mol. The summed E-state index contributed by atoms with van der Waals surface area (Å²) in [5.41, 5.74) is 8.90. The Balaban J connectivity index is 1.75. The van der Waals surface area contributed by atoms with Gasteiger partial charge in [0.05, 0.1) is 0 Å². The third kappa shape index (κ3) is 6.72. The maximum absolute atomic E-state index is 12.5. The van der Waals surface area contributed by atoms with Gasteiger partial charge >= 0.3 is 11.9 Å². The molecule has 4 atom stereocenters. The predicted octanol–water partition coefficient (Wildman–Crippen LogP) is 4.17. The van der Waals surface area contributed by atoms with Crippen LogP contribution < -0.4 is 10.6 Å². The molecule has 0 spiro atoms. The summed E-state index contributed by atoms with van der Waals surface area (Å²) in [7, 11) is 0. The second-order valence-electron chi connectivity index (χ2n) is 12.0. The number of thiol groups is 1. The number of carboxylic acid groups (broad SMARTS) is 2. The summed E-state index contributed by atoms with van der Waals surface area (Å²) in [5.74, 6) is -2.14. The number of hydrogen-bond acceptors (Lipinski definition) is 5. The van der Waals surface area contributed by atoms with E-state index in [2.05, 4.69) is 39.8 Å². The predicted molar refractivity (Wildman–Crippen MR) is 172 cm³/mol. The maximum atomic E-state index is 12.5. The van der Waals surface area contributed by atoms with Gasteiger partial charge < -0.3 is 30.8 Å². The zero-order valence-corrected chi connectivity index (χ0v) is 26.8. The van der Waals surface area contributed by atoms with Gasteiger partial charge in [-0.05, 0) is 67.5 Å². The van der Waals surface area contributed by atoms with E-state index in [4.69, 9.17) is 0 Å². The first-order chi connectivity index (χ1) is 20.7. The van der Waals surface area contributed by atoms with Crippen LogP contribution >= 0.6 is 12.6 Å². The third-order valence-electron chi connectivity index (χ3n) is 9.17. The Morgan fingerprint density at radius 3 is 2.11 bits per heavy atom. The van der Waals surface area contributed by atoms with E-state index in [9.17, 15) is 29.4 Å². The van der Waals surface area contributed by atoms with Gasteiger partial charge in [0, 0.05) is 82.9 Å². The van der Waals surface area contributed by atoms with Crippen LogP contribution in [0.5, 0.6) is 0 Å². The number of carbonyl (C=O) groups excluding carboxylic acids is 2. The lowest BCUT2D eigenvalue weighted by molar-refractivity contribution is -0.138. The number of carbonyl (C=O) groups is 4. The number of nitrogens with one attached hydrogen (secondary N) is 4.